The van der Waals surface area contributed by atoms with Gasteiger partial charge in [-0.25, -0.2) is 0 Å². The van der Waals surface area contributed by atoms with Crippen LogP contribution in [0.4, 0.5) is 0 Å². The maximum absolute atomic E-state index is 8.67. The van der Waals surface area contributed by atoms with E-state index >= 15 is 0 Å². The Bertz CT molecular complexity index is 308. The molecule has 0 aromatic carbocycles. The van der Waals surface area contributed by atoms with Crippen molar-refractivity contribution in [2.24, 2.45) is 16.3 Å². The predicted octanol–water partition coefficient (Wildman–Crippen LogP) is 2.63. The molecule has 0 heterocycles. The maximum Gasteiger partial charge on any atom is 0.144 e. The Balaban J connectivity index is 2.04. The van der Waals surface area contributed by atoms with Crippen LogP contribution in [0.15, 0.2) is 16.8 Å². The van der Waals surface area contributed by atoms with Gasteiger partial charge in [0, 0.05) is 5.41 Å². The second-order valence-corrected chi connectivity index (χ2v) is 5.73. The average molecular weight is 253 g/mol. The average Bonchev–Trinajstić information content (AvgIpc) is 2.85. The fraction of sp³-hybridized carbons (Fsp3) is 0.786. The van der Waals surface area contributed by atoms with E-state index in [1.54, 1.807) is 5.57 Å². The van der Waals surface area contributed by atoms with Crippen molar-refractivity contribution in [2.45, 2.75) is 52.4 Å². The molecule has 4 N–H and O–H groups in total. The zero-order valence-electron chi connectivity index (χ0n) is 11.7. The fourth-order valence-electron chi connectivity index (χ4n) is 2.26. The van der Waals surface area contributed by atoms with E-state index in [4.69, 9.17) is 10.9 Å². The van der Waals surface area contributed by atoms with Gasteiger partial charge in [-0.05, 0) is 51.6 Å². The molecule has 1 rings (SSSR count). The lowest BCUT2D eigenvalue weighted by Crippen LogP contribution is -2.32. The molecule has 1 aliphatic rings. The van der Waals surface area contributed by atoms with Crippen molar-refractivity contribution >= 4 is 5.84 Å². The first-order valence-corrected chi connectivity index (χ1v) is 6.93. The normalized spacial score (nSPS) is 17.0. The predicted molar refractivity (Wildman–Crippen MR) is 75.8 cm³/mol. The number of rotatable bonds is 8. The number of amidine groups is 1. The number of allylic oxidation sites excluding steroid dienone is 1. The molecular formula is C14H27N3O. The van der Waals surface area contributed by atoms with Gasteiger partial charge in [-0.3, -0.25) is 0 Å². The molecule has 0 amide bonds. The summed E-state index contributed by atoms with van der Waals surface area (Å²) in [7, 11) is 0. The van der Waals surface area contributed by atoms with Gasteiger partial charge in [0.25, 0.3) is 0 Å². The molecule has 4 nitrogen and oxygen atoms in total. The van der Waals surface area contributed by atoms with Crippen LogP contribution in [0, 0.1) is 5.41 Å². The smallest absolute Gasteiger partial charge is 0.144 e. The van der Waals surface area contributed by atoms with Crippen molar-refractivity contribution in [3.8, 4) is 0 Å². The van der Waals surface area contributed by atoms with Gasteiger partial charge in [0.15, 0.2) is 0 Å². The van der Waals surface area contributed by atoms with Crippen LogP contribution in [-0.4, -0.2) is 24.1 Å². The summed E-state index contributed by atoms with van der Waals surface area (Å²) in [6.45, 7) is 6.07. The number of hydrogen-bond donors (Lipinski definition) is 3. The van der Waals surface area contributed by atoms with E-state index in [2.05, 4.69) is 16.5 Å². The summed E-state index contributed by atoms with van der Waals surface area (Å²) < 4.78 is 0. The van der Waals surface area contributed by atoms with Crippen LogP contribution in [0.5, 0.6) is 0 Å². The van der Waals surface area contributed by atoms with Crippen molar-refractivity contribution in [1.82, 2.24) is 5.32 Å². The Kier molecular flexibility index (Phi) is 6.19. The van der Waals surface area contributed by atoms with Crippen LogP contribution < -0.4 is 11.1 Å². The lowest BCUT2D eigenvalue weighted by atomic mass is 9.86. The van der Waals surface area contributed by atoms with Crippen molar-refractivity contribution in [3.63, 3.8) is 0 Å². The molecule has 104 valence electrons. The molecule has 1 aliphatic carbocycles. The highest BCUT2D eigenvalue weighted by Gasteiger charge is 2.22. The fourth-order valence-corrected chi connectivity index (χ4v) is 2.26. The van der Waals surface area contributed by atoms with Crippen molar-refractivity contribution in [2.75, 3.05) is 13.1 Å². The van der Waals surface area contributed by atoms with E-state index in [-0.39, 0.29) is 5.41 Å². The Morgan fingerprint density at radius 2 is 2.28 bits per heavy atom. The molecule has 0 saturated heterocycles. The topological polar surface area (TPSA) is 70.6 Å². The molecule has 0 unspecified atom stereocenters. The number of oxime groups is 1. The summed E-state index contributed by atoms with van der Waals surface area (Å²) in [6.07, 6.45) is 9.43. The van der Waals surface area contributed by atoms with Gasteiger partial charge in [-0.2, -0.15) is 0 Å². The SMILES string of the molecule is CC(C)(CCCNCCC1=CCCC1)C(N)=NO. The minimum atomic E-state index is -0.218. The first-order chi connectivity index (χ1) is 8.56. The lowest BCUT2D eigenvalue weighted by molar-refractivity contribution is 0.304. The maximum atomic E-state index is 8.67. The minimum absolute atomic E-state index is 0.218. The third-order valence-corrected chi connectivity index (χ3v) is 3.71. The highest BCUT2D eigenvalue weighted by atomic mass is 16.4. The van der Waals surface area contributed by atoms with Crippen LogP contribution in [0.1, 0.15) is 52.4 Å². The molecule has 0 aromatic heterocycles. The quantitative estimate of drug-likeness (QED) is 0.155. The third kappa shape index (κ3) is 5.08. The van der Waals surface area contributed by atoms with Crippen LogP contribution >= 0.6 is 0 Å². The molecule has 18 heavy (non-hydrogen) atoms. The summed E-state index contributed by atoms with van der Waals surface area (Å²) in [5.74, 6) is 0.318. The third-order valence-electron chi connectivity index (χ3n) is 3.71. The number of nitrogens with two attached hydrogens (primary N) is 1. The Hall–Kier alpha value is -1.03. The zero-order chi connectivity index (χ0) is 13.4. The van der Waals surface area contributed by atoms with Gasteiger partial charge in [-0.15, -0.1) is 0 Å². The summed E-state index contributed by atoms with van der Waals surface area (Å²) in [4.78, 5) is 0. The minimum Gasteiger partial charge on any atom is -0.409 e. The molecule has 0 atom stereocenters. The Morgan fingerprint density at radius 1 is 1.50 bits per heavy atom. The van der Waals surface area contributed by atoms with Crippen molar-refractivity contribution in [1.29, 1.82) is 0 Å². The van der Waals surface area contributed by atoms with E-state index in [1.165, 1.54) is 25.7 Å². The van der Waals surface area contributed by atoms with E-state index in [1.807, 2.05) is 13.8 Å². The van der Waals surface area contributed by atoms with E-state index < -0.39 is 0 Å². The summed E-state index contributed by atoms with van der Waals surface area (Å²) >= 11 is 0. The van der Waals surface area contributed by atoms with Gasteiger partial charge in [0.05, 0.1) is 0 Å². The Morgan fingerprint density at radius 3 is 2.89 bits per heavy atom. The largest absolute Gasteiger partial charge is 0.409 e. The highest BCUT2D eigenvalue weighted by molar-refractivity contribution is 5.85. The van der Waals surface area contributed by atoms with E-state index in [0.29, 0.717) is 5.84 Å². The molecule has 0 saturated carbocycles. The first kappa shape index (κ1) is 15.0. The second-order valence-electron chi connectivity index (χ2n) is 5.73. The number of hydrogen-bond acceptors (Lipinski definition) is 3. The first-order valence-electron chi connectivity index (χ1n) is 6.93. The van der Waals surface area contributed by atoms with Gasteiger partial charge < -0.3 is 16.3 Å². The summed E-state index contributed by atoms with van der Waals surface area (Å²) in [5, 5.41) is 15.2. The molecule has 0 fully saturated rings. The van der Waals surface area contributed by atoms with Gasteiger partial charge >= 0.3 is 0 Å². The van der Waals surface area contributed by atoms with Gasteiger partial charge in [0.2, 0.25) is 0 Å². The number of nitrogens with zero attached hydrogens (tertiary/aromatic N) is 1. The number of nitrogens with one attached hydrogen (secondary N) is 1. The van der Waals surface area contributed by atoms with E-state index in [9.17, 15) is 0 Å². The van der Waals surface area contributed by atoms with Gasteiger partial charge in [-0.1, -0.05) is 30.7 Å². The molecular weight excluding hydrogens is 226 g/mol. The van der Waals surface area contributed by atoms with Crippen LogP contribution in [0.25, 0.3) is 0 Å². The lowest BCUT2D eigenvalue weighted by Gasteiger charge is -2.22. The monoisotopic (exact) mass is 253 g/mol. The standard InChI is InChI=1S/C14H27N3O/c1-14(2,13(15)17-18)9-5-10-16-11-8-12-6-3-4-7-12/h6,16,18H,3-5,7-11H2,1-2H3,(H2,15,17). The highest BCUT2D eigenvalue weighted by Crippen LogP contribution is 2.22. The summed E-state index contributed by atoms with van der Waals surface area (Å²) in [5.41, 5.74) is 7.04. The van der Waals surface area contributed by atoms with E-state index in [0.717, 1.165) is 25.9 Å². The van der Waals surface area contributed by atoms with Crippen LogP contribution in [0.3, 0.4) is 0 Å². The Labute approximate surface area is 110 Å². The van der Waals surface area contributed by atoms with Crippen molar-refractivity contribution < 1.29 is 5.21 Å². The molecule has 0 aromatic rings. The molecule has 0 spiro atoms. The molecule has 0 bridgehead atoms. The summed E-state index contributed by atoms with van der Waals surface area (Å²) in [6, 6.07) is 0. The van der Waals surface area contributed by atoms with Crippen molar-refractivity contribution in [3.05, 3.63) is 11.6 Å². The van der Waals surface area contributed by atoms with Crippen LogP contribution in [0.2, 0.25) is 0 Å². The second kappa shape index (κ2) is 7.41. The zero-order valence-corrected chi connectivity index (χ0v) is 11.7. The van der Waals surface area contributed by atoms with Crippen LogP contribution in [-0.2, 0) is 0 Å². The molecule has 4 heteroatoms. The van der Waals surface area contributed by atoms with Gasteiger partial charge in [0.1, 0.15) is 5.84 Å². The molecule has 0 aliphatic heterocycles. The molecule has 0 radical (unpaired) electrons.